The molecule has 0 saturated carbocycles. The zero-order valence-corrected chi connectivity index (χ0v) is 12.3. The lowest BCUT2D eigenvalue weighted by Crippen LogP contribution is -2.10. The van der Waals surface area contributed by atoms with E-state index in [-0.39, 0.29) is 6.04 Å². The largest absolute Gasteiger partial charge is 0.323 e. The average molecular weight is 316 g/mol. The molecule has 16 heavy (non-hydrogen) atoms. The van der Waals surface area contributed by atoms with Gasteiger partial charge >= 0.3 is 0 Å². The fraction of sp³-hybridized carbons (Fsp3) is 0.333. The third kappa shape index (κ3) is 2.94. The van der Waals surface area contributed by atoms with Crippen molar-refractivity contribution in [3.63, 3.8) is 0 Å². The van der Waals surface area contributed by atoms with Crippen LogP contribution < -0.4 is 5.73 Å². The van der Waals surface area contributed by atoms with Gasteiger partial charge in [-0.1, -0.05) is 6.92 Å². The minimum Gasteiger partial charge on any atom is -0.323 e. The van der Waals surface area contributed by atoms with Crippen LogP contribution in [0.3, 0.4) is 0 Å². The molecule has 1 unspecified atom stereocenters. The minimum atomic E-state index is 0.125. The fourth-order valence-electron chi connectivity index (χ4n) is 1.56. The Morgan fingerprint density at radius 2 is 2.12 bits per heavy atom. The van der Waals surface area contributed by atoms with E-state index in [0.717, 1.165) is 17.3 Å². The second kappa shape index (κ2) is 5.45. The lowest BCUT2D eigenvalue weighted by atomic mass is 10.1. The Bertz CT molecular complexity index is 461. The molecule has 0 amide bonds. The first-order valence-corrected chi connectivity index (χ1v) is 7.75. The van der Waals surface area contributed by atoms with Gasteiger partial charge in [-0.3, -0.25) is 0 Å². The molecule has 0 bridgehead atoms. The number of aryl methyl sites for hydroxylation is 1. The van der Waals surface area contributed by atoms with Gasteiger partial charge in [-0.15, -0.1) is 22.7 Å². The summed E-state index contributed by atoms with van der Waals surface area (Å²) in [5.74, 6) is 0. The van der Waals surface area contributed by atoms with Crippen molar-refractivity contribution in [2.45, 2.75) is 25.8 Å². The zero-order chi connectivity index (χ0) is 11.5. The molecule has 0 aromatic carbocycles. The molecule has 2 aromatic rings. The van der Waals surface area contributed by atoms with E-state index in [9.17, 15) is 0 Å². The van der Waals surface area contributed by atoms with Crippen LogP contribution in [0, 0.1) is 0 Å². The summed E-state index contributed by atoms with van der Waals surface area (Å²) in [6.45, 7) is 2.19. The predicted molar refractivity (Wildman–Crippen MR) is 76.3 cm³/mol. The highest BCUT2D eigenvalue weighted by molar-refractivity contribution is 9.10. The van der Waals surface area contributed by atoms with Crippen LogP contribution in [0.25, 0.3) is 0 Å². The number of halogens is 1. The second-order valence-corrected chi connectivity index (χ2v) is 6.81. The van der Waals surface area contributed by atoms with Crippen molar-refractivity contribution in [3.05, 3.63) is 42.7 Å². The maximum atomic E-state index is 6.19. The summed E-state index contributed by atoms with van der Waals surface area (Å²) in [5.41, 5.74) is 6.19. The number of thiophene rings is 2. The number of rotatable bonds is 4. The smallest absolute Gasteiger partial charge is 0.0438 e. The van der Waals surface area contributed by atoms with Gasteiger partial charge in [-0.25, -0.2) is 0 Å². The lowest BCUT2D eigenvalue weighted by molar-refractivity contribution is 0.745. The van der Waals surface area contributed by atoms with Crippen molar-refractivity contribution < 1.29 is 0 Å². The SMILES string of the molecule is CCc1ccc(CC(N)c2cc(Br)cs2)s1. The second-order valence-electron chi connectivity index (χ2n) is 3.70. The van der Waals surface area contributed by atoms with Gasteiger partial charge in [-0.05, 0) is 40.5 Å². The van der Waals surface area contributed by atoms with Gasteiger partial charge in [0.1, 0.15) is 0 Å². The van der Waals surface area contributed by atoms with Crippen LogP contribution in [0.15, 0.2) is 28.1 Å². The summed E-state index contributed by atoms with van der Waals surface area (Å²) in [5, 5.41) is 2.08. The minimum absolute atomic E-state index is 0.125. The van der Waals surface area contributed by atoms with Crippen molar-refractivity contribution in [1.29, 1.82) is 0 Å². The van der Waals surface area contributed by atoms with Gasteiger partial charge in [-0.2, -0.15) is 0 Å². The van der Waals surface area contributed by atoms with E-state index in [1.807, 2.05) is 11.3 Å². The van der Waals surface area contributed by atoms with Crippen LogP contribution in [0.4, 0.5) is 0 Å². The Hall–Kier alpha value is -0.160. The maximum absolute atomic E-state index is 6.19. The Labute approximate surface area is 112 Å². The Kier molecular flexibility index (Phi) is 4.19. The molecule has 4 heteroatoms. The topological polar surface area (TPSA) is 26.0 Å². The predicted octanol–water partition coefficient (Wildman–Crippen LogP) is 4.38. The van der Waals surface area contributed by atoms with Crippen LogP contribution in [-0.2, 0) is 12.8 Å². The van der Waals surface area contributed by atoms with Crippen molar-refractivity contribution >= 4 is 38.6 Å². The molecule has 2 heterocycles. The first-order valence-electron chi connectivity index (χ1n) is 5.26. The van der Waals surface area contributed by atoms with E-state index < -0.39 is 0 Å². The normalized spacial score (nSPS) is 12.9. The molecule has 0 fully saturated rings. The highest BCUT2D eigenvalue weighted by Crippen LogP contribution is 2.28. The van der Waals surface area contributed by atoms with E-state index in [1.54, 1.807) is 11.3 Å². The third-order valence-electron chi connectivity index (χ3n) is 2.44. The van der Waals surface area contributed by atoms with E-state index in [1.165, 1.54) is 14.6 Å². The molecule has 0 radical (unpaired) electrons. The summed E-state index contributed by atoms with van der Waals surface area (Å²) in [7, 11) is 0. The summed E-state index contributed by atoms with van der Waals surface area (Å²) < 4.78 is 1.13. The standard InChI is InChI=1S/C12H14BrNS2/c1-2-9-3-4-10(16-9)6-11(14)12-5-8(13)7-15-12/h3-5,7,11H,2,6,14H2,1H3. The zero-order valence-electron chi connectivity index (χ0n) is 9.07. The third-order valence-corrected chi connectivity index (χ3v) is 5.52. The maximum Gasteiger partial charge on any atom is 0.0438 e. The summed E-state index contributed by atoms with van der Waals surface area (Å²) in [4.78, 5) is 4.07. The van der Waals surface area contributed by atoms with Gasteiger partial charge < -0.3 is 5.73 Å². The highest BCUT2D eigenvalue weighted by atomic mass is 79.9. The van der Waals surface area contributed by atoms with Crippen LogP contribution in [0.5, 0.6) is 0 Å². The van der Waals surface area contributed by atoms with Gasteiger partial charge in [0.05, 0.1) is 0 Å². The summed E-state index contributed by atoms with van der Waals surface area (Å²) in [6, 6.07) is 6.65. The van der Waals surface area contributed by atoms with E-state index in [2.05, 4.69) is 46.4 Å². The van der Waals surface area contributed by atoms with Crippen LogP contribution in [0.1, 0.15) is 27.6 Å². The highest BCUT2D eigenvalue weighted by Gasteiger charge is 2.10. The van der Waals surface area contributed by atoms with Crippen LogP contribution >= 0.6 is 38.6 Å². The van der Waals surface area contributed by atoms with E-state index >= 15 is 0 Å². The molecule has 86 valence electrons. The number of hydrogen-bond donors (Lipinski definition) is 1. The van der Waals surface area contributed by atoms with Crippen LogP contribution in [-0.4, -0.2) is 0 Å². The van der Waals surface area contributed by atoms with Crippen molar-refractivity contribution in [2.75, 3.05) is 0 Å². The van der Waals surface area contributed by atoms with Gasteiger partial charge in [0.25, 0.3) is 0 Å². The molecule has 0 aliphatic rings. The Morgan fingerprint density at radius 3 is 2.69 bits per heavy atom. The molecule has 0 aliphatic carbocycles. The lowest BCUT2D eigenvalue weighted by Gasteiger charge is -2.07. The monoisotopic (exact) mass is 315 g/mol. The first kappa shape index (κ1) is 12.3. The van der Waals surface area contributed by atoms with Crippen molar-refractivity contribution in [1.82, 2.24) is 0 Å². The van der Waals surface area contributed by atoms with E-state index in [4.69, 9.17) is 5.73 Å². The molecule has 0 aliphatic heterocycles. The van der Waals surface area contributed by atoms with E-state index in [0.29, 0.717) is 0 Å². The van der Waals surface area contributed by atoms with Gasteiger partial charge in [0, 0.05) is 36.9 Å². The molecular formula is C12H14BrNS2. The Balaban J connectivity index is 2.04. The molecular weight excluding hydrogens is 302 g/mol. The molecule has 2 N–H and O–H groups in total. The molecule has 0 spiro atoms. The number of nitrogens with two attached hydrogens (primary N) is 1. The quantitative estimate of drug-likeness (QED) is 0.890. The summed E-state index contributed by atoms with van der Waals surface area (Å²) >= 11 is 7.06. The van der Waals surface area contributed by atoms with Crippen molar-refractivity contribution in [3.8, 4) is 0 Å². The summed E-state index contributed by atoms with van der Waals surface area (Å²) in [6.07, 6.45) is 2.06. The molecule has 1 atom stereocenters. The fourth-order valence-corrected chi connectivity index (χ4v) is 4.03. The Morgan fingerprint density at radius 1 is 1.38 bits per heavy atom. The molecule has 2 rings (SSSR count). The average Bonchev–Trinajstić information content (AvgIpc) is 2.87. The van der Waals surface area contributed by atoms with Crippen LogP contribution in [0.2, 0.25) is 0 Å². The first-order chi connectivity index (χ1) is 7.69. The molecule has 2 aromatic heterocycles. The van der Waals surface area contributed by atoms with Gasteiger partial charge in [0.15, 0.2) is 0 Å². The van der Waals surface area contributed by atoms with Gasteiger partial charge in [0.2, 0.25) is 0 Å². The molecule has 0 saturated heterocycles. The molecule has 1 nitrogen and oxygen atoms in total. The number of hydrogen-bond acceptors (Lipinski definition) is 3. The van der Waals surface area contributed by atoms with Crippen molar-refractivity contribution in [2.24, 2.45) is 5.73 Å².